The van der Waals surface area contributed by atoms with Crippen LogP contribution in [0.25, 0.3) is 6.08 Å². The molecule has 6 heteroatoms. The molecule has 1 aromatic carbocycles. The normalized spacial score (nSPS) is 28.4. The van der Waals surface area contributed by atoms with Gasteiger partial charge < -0.3 is 5.11 Å². The number of benzene rings is 1. The fraction of sp³-hybridized carbons (Fsp3) is 0.700. The van der Waals surface area contributed by atoms with Crippen molar-refractivity contribution in [1.82, 2.24) is 4.31 Å². The molecule has 0 spiro atoms. The van der Waals surface area contributed by atoms with Crippen LogP contribution < -0.4 is 0 Å². The van der Waals surface area contributed by atoms with Gasteiger partial charge in [0.1, 0.15) is 0 Å². The number of aliphatic hydroxyl groups is 1. The molecule has 1 amide bonds. The van der Waals surface area contributed by atoms with Gasteiger partial charge in [0.15, 0.2) is 0 Å². The van der Waals surface area contributed by atoms with Gasteiger partial charge in [-0.25, -0.2) is 12.7 Å². The van der Waals surface area contributed by atoms with Crippen LogP contribution in [0, 0.1) is 29.6 Å². The molecule has 2 fully saturated rings. The average Bonchev–Trinajstić information content (AvgIpc) is 3.14. The molecule has 36 heavy (non-hydrogen) atoms. The van der Waals surface area contributed by atoms with E-state index in [2.05, 4.69) is 27.7 Å². The highest BCUT2D eigenvalue weighted by Crippen LogP contribution is 2.62. The molecule has 202 valence electrons. The van der Waals surface area contributed by atoms with Gasteiger partial charge in [0, 0.05) is 5.41 Å². The van der Waals surface area contributed by atoms with Gasteiger partial charge in [-0.3, -0.25) is 4.79 Å². The van der Waals surface area contributed by atoms with Gasteiger partial charge in [-0.05, 0) is 43.1 Å². The Bertz CT molecular complexity index is 1030. The van der Waals surface area contributed by atoms with E-state index in [1.54, 1.807) is 0 Å². The van der Waals surface area contributed by atoms with Crippen molar-refractivity contribution in [2.45, 2.75) is 105 Å². The third kappa shape index (κ3) is 5.60. The van der Waals surface area contributed by atoms with Gasteiger partial charge in [-0.1, -0.05) is 109 Å². The molecule has 2 aliphatic rings. The lowest BCUT2D eigenvalue weighted by Crippen LogP contribution is -2.47. The molecular weight excluding hydrogens is 470 g/mol. The molecule has 1 aliphatic heterocycles. The van der Waals surface area contributed by atoms with Crippen LogP contribution in [-0.2, 0) is 14.8 Å². The summed E-state index contributed by atoms with van der Waals surface area (Å²) in [5.41, 5.74) is 1.52. The van der Waals surface area contributed by atoms with Gasteiger partial charge in [-0.2, -0.15) is 0 Å². The van der Waals surface area contributed by atoms with Crippen molar-refractivity contribution in [1.29, 1.82) is 0 Å². The fourth-order valence-electron chi connectivity index (χ4n) is 6.56. The molecule has 1 N–H and O–H groups in total. The van der Waals surface area contributed by atoms with Crippen LogP contribution in [0.15, 0.2) is 30.3 Å². The molecule has 5 nitrogen and oxygen atoms in total. The van der Waals surface area contributed by atoms with Gasteiger partial charge in [-0.15, -0.1) is 0 Å². The first-order chi connectivity index (χ1) is 16.9. The zero-order chi connectivity index (χ0) is 26.7. The molecule has 0 aromatic heterocycles. The highest BCUT2D eigenvalue weighted by Gasteiger charge is 2.67. The highest BCUT2D eigenvalue weighted by atomic mass is 32.2. The van der Waals surface area contributed by atoms with E-state index in [4.69, 9.17) is 0 Å². The number of hydrogen-bond donors (Lipinski definition) is 1. The van der Waals surface area contributed by atoms with Gasteiger partial charge in [0.25, 0.3) is 0 Å². The van der Waals surface area contributed by atoms with Crippen molar-refractivity contribution >= 4 is 22.0 Å². The lowest BCUT2D eigenvalue weighted by Gasteiger charge is -2.40. The minimum Gasteiger partial charge on any atom is -0.392 e. The predicted octanol–water partition coefficient (Wildman–Crippen LogP) is 6.35. The van der Waals surface area contributed by atoms with E-state index >= 15 is 0 Å². The SMILES string of the molecule is CCCCCC[C@@H](O)[C@@H](C/C=C/c1ccc(C)cc1)C(=O)N1[C@H]2C[C@H](CC)C(C)(C)C2(C)CS1(=O)=O. The Morgan fingerprint density at radius 3 is 2.42 bits per heavy atom. The monoisotopic (exact) mass is 517 g/mol. The average molecular weight is 518 g/mol. The first-order valence-corrected chi connectivity index (χ1v) is 15.5. The lowest BCUT2D eigenvalue weighted by atomic mass is 9.65. The minimum absolute atomic E-state index is 0.00156. The number of hydrogen-bond acceptors (Lipinski definition) is 4. The Hall–Kier alpha value is -1.66. The van der Waals surface area contributed by atoms with Crippen LogP contribution in [0.4, 0.5) is 0 Å². The number of unbranched alkanes of at least 4 members (excludes halogenated alkanes) is 3. The Labute approximate surface area is 219 Å². The van der Waals surface area contributed by atoms with Crippen molar-refractivity contribution in [3.05, 3.63) is 41.5 Å². The second kappa shape index (κ2) is 11.4. The summed E-state index contributed by atoms with van der Waals surface area (Å²) in [5.74, 6) is -0.836. The van der Waals surface area contributed by atoms with E-state index in [1.807, 2.05) is 50.3 Å². The molecule has 1 aliphatic carbocycles. The number of nitrogens with zero attached hydrogens (tertiary/aromatic N) is 1. The summed E-state index contributed by atoms with van der Waals surface area (Å²) in [6.45, 7) is 12.7. The van der Waals surface area contributed by atoms with Crippen LogP contribution in [-0.4, -0.2) is 41.6 Å². The number of aliphatic hydroxyl groups excluding tert-OH is 1. The van der Waals surface area contributed by atoms with Crippen molar-refractivity contribution in [2.24, 2.45) is 22.7 Å². The van der Waals surface area contributed by atoms with Crippen molar-refractivity contribution in [3.8, 4) is 0 Å². The molecule has 0 radical (unpaired) electrons. The molecule has 1 unspecified atom stereocenters. The number of aryl methyl sites for hydroxylation is 1. The molecular formula is C30H47NO4S. The summed E-state index contributed by atoms with van der Waals surface area (Å²) in [6.07, 6.45) is 9.51. The van der Waals surface area contributed by atoms with Crippen LogP contribution >= 0.6 is 0 Å². The number of fused-ring (bicyclic) bond motifs is 1. The Balaban J connectivity index is 1.88. The zero-order valence-corrected chi connectivity index (χ0v) is 24.0. The molecule has 3 rings (SSSR count). The van der Waals surface area contributed by atoms with Crippen molar-refractivity contribution in [2.75, 3.05) is 5.75 Å². The third-order valence-corrected chi connectivity index (χ3v) is 11.4. The third-order valence-electron chi connectivity index (χ3n) is 9.42. The van der Waals surface area contributed by atoms with E-state index in [9.17, 15) is 18.3 Å². The summed E-state index contributed by atoms with van der Waals surface area (Å²) >= 11 is 0. The molecule has 5 atom stereocenters. The molecule has 0 bridgehead atoms. The molecule has 1 saturated heterocycles. The Morgan fingerprint density at radius 1 is 1.14 bits per heavy atom. The number of allylic oxidation sites excluding steroid dienone is 1. The van der Waals surface area contributed by atoms with E-state index in [0.29, 0.717) is 25.2 Å². The molecule has 1 saturated carbocycles. The molecule has 1 heterocycles. The van der Waals surface area contributed by atoms with Crippen LogP contribution in [0.2, 0.25) is 0 Å². The summed E-state index contributed by atoms with van der Waals surface area (Å²) in [7, 11) is -3.75. The second-order valence-electron chi connectivity index (χ2n) is 12.0. The quantitative estimate of drug-likeness (QED) is 0.347. The Kier molecular flexibility index (Phi) is 9.14. The van der Waals surface area contributed by atoms with Crippen LogP contribution in [0.3, 0.4) is 0 Å². The summed E-state index contributed by atoms with van der Waals surface area (Å²) in [4.78, 5) is 14.0. The maximum Gasteiger partial charge on any atom is 0.242 e. The largest absolute Gasteiger partial charge is 0.392 e. The van der Waals surface area contributed by atoms with E-state index in [-0.39, 0.29) is 17.2 Å². The van der Waals surface area contributed by atoms with E-state index < -0.39 is 33.4 Å². The zero-order valence-electron chi connectivity index (χ0n) is 23.2. The predicted molar refractivity (Wildman–Crippen MR) is 148 cm³/mol. The van der Waals surface area contributed by atoms with Gasteiger partial charge >= 0.3 is 0 Å². The summed E-state index contributed by atoms with van der Waals surface area (Å²) < 4.78 is 28.1. The summed E-state index contributed by atoms with van der Waals surface area (Å²) in [5, 5.41) is 11.2. The highest BCUT2D eigenvalue weighted by molar-refractivity contribution is 7.90. The first kappa shape index (κ1) is 28.9. The number of sulfonamides is 1. The fourth-order valence-corrected chi connectivity index (χ4v) is 9.14. The molecule has 1 aromatic rings. The van der Waals surface area contributed by atoms with Gasteiger partial charge in [0.2, 0.25) is 15.9 Å². The maximum absolute atomic E-state index is 14.0. The van der Waals surface area contributed by atoms with Crippen molar-refractivity contribution in [3.63, 3.8) is 0 Å². The maximum atomic E-state index is 14.0. The second-order valence-corrected chi connectivity index (χ2v) is 13.8. The van der Waals surface area contributed by atoms with Crippen molar-refractivity contribution < 1.29 is 18.3 Å². The minimum atomic E-state index is -3.75. The first-order valence-electron chi connectivity index (χ1n) is 13.9. The lowest BCUT2D eigenvalue weighted by molar-refractivity contribution is -0.136. The van der Waals surface area contributed by atoms with Crippen LogP contribution in [0.5, 0.6) is 0 Å². The number of carbonyl (C=O) groups excluding carboxylic acids is 1. The topological polar surface area (TPSA) is 74.7 Å². The summed E-state index contributed by atoms with van der Waals surface area (Å²) in [6, 6.07) is 7.77. The smallest absolute Gasteiger partial charge is 0.242 e. The van der Waals surface area contributed by atoms with Gasteiger partial charge in [0.05, 0.1) is 23.8 Å². The standard InChI is InChI=1S/C30H47NO4S/c1-7-9-10-11-15-26(32)25(14-12-13-23-18-16-22(3)17-19-23)28(33)31-27-20-24(8-2)29(4,5)30(27,6)21-36(31,34)35/h12-13,16-19,24-27,32H,7-11,14-15,20-21H2,1-6H3/b13-12+/t24-,25+,26+,27-,30?/m0/s1. The number of carbonyl (C=O) groups is 1. The number of amides is 1. The van der Waals surface area contributed by atoms with E-state index in [1.165, 1.54) is 9.87 Å². The Morgan fingerprint density at radius 2 is 1.81 bits per heavy atom. The van der Waals surface area contributed by atoms with E-state index in [0.717, 1.165) is 37.7 Å². The number of rotatable bonds is 11. The van der Waals surface area contributed by atoms with Crippen LogP contribution in [0.1, 0.15) is 97.1 Å².